The molecule has 4 heteroatoms. The van der Waals surface area contributed by atoms with Crippen molar-refractivity contribution in [2.75, 3.05) is 19.6 Å². The minimum atomic E-state index is 0. The molecule has 14 heavy (non-hydrogen) atoms. The molecule has 2 aliphatic rings. The third-order valence-corrected chi connectivity index (χ3v) is 3.14. The summed E-state index contributed by atoms with van der Waals surface area (Å²) in [5.74, 6) is 0.304. The van der Waals surface area contributed by atoms with Crippen LogP contribution in [0.1, 0.15) is 32.1 Å². The van der Waals surface area contributed by atoms with E-state index in [1.54, 1.807) is 0 Å². The SMILES string of the molecule is Br.O=C1CNCCN1C1CCCCC1. The summed E-state index contributed by atoms with van der Waals surface area (Å²) in [7, 11) is 0. The molecule has 1 aliphatic heterocycles. The van der Waals surface area contributed by atoms with Crippen molar-refractivity contribution in [3.05, 3.63) is 0 Å². The van der Waals surface area contributed by atoms with Crippen molar-refractivity contribution >= 4 is 22.9 Å². The molecule has 3 nitrogen and oxygen atoms in total. The Bertz CT molecular complexity index is 193. The zero-order valence-corrected chi connectivity index (χ0v) is 10.2. The lowest BCUT2D eigenvalue weighted by Gasteiger charge is -2.37. The smallest absolute Gasteiger partial charge is 0.236 e. The average Bonchev–Trinajstić information content (AvgIpc) is 2.20. The molecule has 82 valence electrons. The van der Waals surface area contributed by atoms with Gasteiger partial charge in [-0.15, -0.1) is 17.0 Å². The highest BCUT2D eigenvalue weighted by atomic mass is 79.9. The lowest BCUT2D eigenvalue weighted by molar-refractivity contribution is -0.135. The molecular formula is C10H19BrN2O. The van der Waals surface area contributed by atoms with Gasteiger partial charge >= 0.3 is 0 Å². The summed E-state index contributed by atoms with van der Waals surface area (Å²) in [6.07, 6.45) is 6.43. The van der Waals surface area contributed by atoms with Crippen molar-refractivity contribution in [2.45, 2.75) is 38.1 Å². The Kier molecular flexibility index (Phi) is 4.89. The number of carbonyl (C=O) groups excluding carboxylic acids is 1. The lowest BCUT2D eigenvalue weighted by atomic mass is 9.94. The standard InChI is InChI=1S/C10H18N2O.BrH/c13-10-8-11-6-7-12(10)9-4-2-1-3-5-9;/h9,11H,1-8H2;1H. The van der Waals surface area contributed by atoms with Crippen LogP contribution in [0, 0.1) is 0 Å². The van der Waals surface area contributed by atoms with E-state index in [2.05, 4.69) is 10.2 Å². The number of nitrogens with one attached hydrogen (secondary N) is 1. The predicted molar refractivity (Wildman–Crippen MR) is 61.8 cm³/mol. The first-order chi connectivity index (χ1) is 6.38. The van der Waals surface area contributed by atoms with Crippen LogP contribution >= 0.6 is 17.0 Å². The van der Waals surface area contributed by atoms with Crippen LogP contribution in [0.3, 0.4) is 0 Å². The van der Waals surface area contributed by atoms with E-state index in [0.29, 0.717) is 18.5 Å². The van der Waals surface area contributed by atoms with Crippen LogP contribution in [-0.4, -0.2) is 36.5 Å². The fraction of sp³-hybridized carbons (Fsp3) is 0.900. The van der Waals surface area contributed by atoms with E-state index in [1.807, 2.05) is 0 Å². The Hall–Kier alpha value is -0.0900. The Morgan fingerprint density at radius 3 is 2.57 bits per heavy atom. The molecular weight excluding hydrogens is 244 g/mol. The zero-order chi connectivity index (χ0) is 9.10. The van der Waals surface area contributed by atoms with Gasteiger partial charge in [-0.05, 0) is 12.8 Å². The molecule has 1 amide bonds. The maximum absolute atomic E-state index is 11.6. The molecule has 1 aliphatic carbocycles. The van der Waals surface area contributed by atoms with E-state index in [4.69, 9.17) is 0 Å². The van der Waals surface area contributed by atoms with Gasteiger partial charge in [-0.1, -0.05) is 19.3 Å². The van der Waals surface area contributed by atoms with Crippen LogP contribution in [0.5, 0.6) is 0 Å². The quantitative estimate of drug-likeness (QED) is 0.774. The molecule has 2 rings (SSSR count). The molecule has 0 aromatic heterocycles. The average molecular weight is 263 g/mol. The van der Waals surface area contributed by atoms with Crippen LogP contribution in [-0.2, 0) is 4.79 Å². The number of piperazine rings is 1. The topological polar surface area (TPSA) is 32.3 Å². The minimum Gasteiger partial charge on any atom is -0.337 e. The van der Waals surface area contributed by atoms with E-state index < -0.39 is 0 Å². The van der Waals surface area contributed by atoms with Gasteiger partial charge in [-0.3, -0.25) is 4.79 Å². The number of hydrogen-bond acceptors (Lipinski definition) is 2. The third-order valence-electron chi connectivity index (χ3n) is 3.14. The van der Waals surface area contributed by atoms with Crippen molar-refractivity contribution in [2.24, 2.45) is 0 Å². The number of nitrogens with zero attached hydrogens (tertiary/aromatic N) is 1. The maximum Gasteiger partial charge on any atom is 0.236 e. The van der Waals surface area contributed by atoms with E-state index in [1.165, 1.54) is 32.1 Å². The van der Waals surface area contributed by atoms with Gasteiger partial charge in [0.1, 0.15) is 0 Å². The first kappa shape index (κ1) is 12.0. The van der Waals surface area contributed by atoms with E-state index in [0.717, 1.165) is 13.1 Å². The summed E-state index contributed by atoms with van der Waals surface area (Å²) < 4.78 is 0. The molecule has 0 unspecified atom stereocenters. The van der Waals surface area contributed by atoms with Gasteiger partial charge in [0, 0.05) is 19.1 Å². The van der Waals surface area contributed by atoms with Crippen molar-refractivity contribution < 1.29 is 4.79 Å². The molecule has 1 heterocycles. The molecule has 0 radical (unpaired) electrons. The fourth-order valence-electron chi connectivity index (χ4n) is 2.40. The van der Waals surface area contributed by atoms with Crippen LogP contribution in [0.2, 0.25) is 0 Å². The van der Waals surface area contributed by atoms with Gasteiger partial charge in [0.05, 0.1) is 6.54 Å². The molecule has 1 saturated heterocycles. The predicted octanol–water partition coefficient (Wildman–Crippen LogP) is 1.33. The van der Waals surface area contributed by atoms with E-state index in [9.17, 15) is 4.79 Å². The van der Waals surface area contributed by atoms with Crippen molar-refractivity contribution in [1.29, 1.82) is 0 Å². The number of amides is 1. The molecule has 0 atom stereocenters. The van der Waals surface area contributed by atoms with Gasteiger partial charge in [-0.2, -0.15) is 0 Å². The highest BCUT2D eigenvalue weighted by molar-refractivity contribution is 8.93. The molecule has 0 aromatic rings. The molecule has 0 aromatic carbocycles. The summed E-state index contributed by atoms with van der Waals surface area (Å²) in [6.45, 7) is 2.45. The first-order valence-corrected chi connectivity index (χ1v) is 5.38. The van der Waals surface area contributed by atoms with Gasteiger partial charge in [0.2, 0.25) is 5.91 Å². The van der Waals surface area contributed by atoms with Crippen molar-refractivity contribution in [3.63, 3.8) is 0 Å². The number of rotatable bonds is 1. The molecule has 0 bridgehead atoms. The third kappa shape index (κ3) is 2.70. The van der Waals surface area contributed by atoms with Gasteiger partial charge in [0.15, 0.2) is 0 Å². The number of halogens is 1. The number of hydrogen-bond donors (Lipinski definition) is 1. The highest BCUT2D eigenvalue weighted by Crippen LogP contribution is 2.22. The Morgan fingerprint density at radius 1 is 1.21 bits per heavy atom. The second kappa shape index (κ2) is 5.71. The number of carbonyl (C=O) groups is 1. The Balaban J connectivity index is 0.000000980. The normalized spacial score (nSPS) is 24.6. The summed E-state index contributed by atoms with van der Waals surface area (Å²) in [6, 6.07) is 0.559. The van der Waals surface area contributed by atoms with Crippen molar-refractivity contribution in [3.8, 4) is 0 Å². The summed E-state index contributed by atoms with van der Waals surface area (Å²) in [5, 5.41) is 3.11. The monoisotopic (exact) mass is 262 g/mol. The summed E-state index contributed by atoms with van der Waals surface area (Å²) >= 11 is 0. The van der Waals surface area contributed by atoms with Crippen LogP contribution in [0.15, 0.2) is 0 Å². The molecule has 0 spiro atoms. The van der Waals surface area contributed by atoms with Gasteiger partial charge < -0.3 is 10.2 Å². The molecule has 1 saturated carbocycles. The Morgan fingerprint density at radius 2 is 1.93 bits per heavy atom. The second-order valence-corrected chi connectivity index (χ2v) is 4.06. The van der Waals surface area contributed by atoms with Crippen LogP contribution < -0.4 is 5.32 Å². The first-order valence-electron chi connectivity index (χ1n) is 5.38. The Labute approximate surface area is 96.0 Å². The summed E-state index contributed by atoms with van der Waals surface area (Å²) in [5.41, 5.74) is 0. The lowest BCUT2D eigenvalue weighted by Crippen LogP contribution is -2.52. The van der Waals surface area contributed by atoms with Gasteiger partial charge in [-0.25, -0.2) is 0 Å². The molecule has 1 N–H and O–H groups in total. The van der Waals surface area contributed by atoms with E-state index in [-0.39, 0.29) is 17.0 Å². The van der Waals surface area contributed by atoms with Crippen molar-refractivity contribution in [1.82, 2.24) is 10.2 Å². The second-order valence-electron chi connectivity index (χ2n) is 4.06. The zero-order valence-electron chi connectivity index (χ0n) is 8.50. The fourth-order valence-corrected chi connectivity index (χ4v) is 2.40. The summed E-state index contributed by atoms with van der Waals surface area (Å²) in [4.78, 5) is 13.6. The van der Waals surface area contributed by atoms with E-state index >= 15 is 0 Å². The molecule has 2 fully saturated rings. The maximum atomic E-state index is 11.6. The highest BCUT2D eigenvalue weighted by Gasteiger charge is 2.26. The van der Waals surface area contributed by atoms with Gasteiger partial charge in [0.25, 0.3) is 0 Å². The largest absolute Gasteiger partial charge is 0.337 e. The minimum absolute atomic E-state index is 0. The van der Waals surface area contributed by atoms with Crippen LogP contribution in [0.4, 0.5) is 0 Å². The van der Waals surface area contributed by atoms with Crippen LogP contribution in [0.25, 0.3) is 0 Å².